The molecule has 0 bridgehead atoms. The summed E-state index contributed by atoms with van der Waals surface area (Å²) in [5.41, 5.74) is 6.01. The molecule has 4 nitrogen and oxygen atoms in total. The van der Waals surface area contributed by atoms with Crippen LogP contribution in [-0.4, -0.2) is 12.6 Å². The van der Waals surface area contributed by atoms with Crippen LogP contribution in [0, 0.1) is 6.92 Å². The number of Topliss-reactive ketones (excluding diaryl/α,β-unsaturated/α-hetero) is 1. The minimum Gasteiger partial charge on any atom is -0.454 e. The number of rotatable bonds is 3. The third-order valence-corrected chi connectivity index (χ3v) is 4.87. The molecule has 1 aliphatic heterocycles. The zero-order chi connectivity index (χ0) is 18.4. The maximum Gasteiger partial charge on any atom is 0.231 e. The summed E-state index contributed by atoms with van der Waals surface area (Å²) in [6.45, 7) is 2.26. The number of hydrogen-bond acceptors (Lipinski definition) is 4. The van der Waals surface area contributed by atoms with Crippen LogP contribution in [0.3, 0.4) is 0 Å². The average Bonchev–Trinajstić information content (AvgIpc) is 3.25. The van der Waals surface area contributed by atoms with Crippen molar-refractivity contribution in [3.8, 4) is 11.5 Å². The summed E-state index contributed by atoms with van der Waals surface area (Å²) in [5.74, 6) is 1.38. The number of fused-ring (bicyclic) bond motifs is 2. The van der Waals surface area contributed by atoms with E-state index in [0.717, 1.165) is 28.1 Å². The molecular formula is C23H17NO3. The molecule has 1 aliphatic carbocycles. The van der Waals surface area contributed by atoms with Gasteiger partial charge in [0.1, 0.15) is 0 Å². The maximum absolute atomic E-state index is 13.2. The molecule has 1 N–H and O–H groups in total. The van der Waals surface area contributed by atoms with Crippen LogP contribution in [0.5, 0.6) is 11.5 Å². The number of ketones is 1. The molecule has 0 spiro atoms. The molecule has 1 heterocycles. The topological polar surface area (TPSA) is 47.6 Å². The van der Waals surface area contributed by atoms with Gasteiger partial charge in [0, 0.05) is 16.8 Å². The third kappa shape index (κ3) is 2.57. The second kappa shape index (κ2) is 6.02. The van der Waals surface area contributed by atoms with Crippen molar-refractivity contribution >= 4 is 22.7 Å². The van der Waals surface area contributed by atoms with Crippen LogP contribution in [-0.2, 0) is 0 Å². The number of aryl methyl sites for hydroxylation is 1. The lowest BCUT2D eigenvalue weighted by molar-refractivity contribution is 0.105. The minimum absolute atomic E-state index is 0.0135. The minimum atomic E-state index is 0.0135. The fourth-order valence-corrected chi connectivity index (χ4v) is 3.61. The highest BCUT2D eigenvalue weighted by Gasteiger charge is 2.31. The predicted octanol–water partition coefficient (Wildman–Crippen LogP) is 4.90. The number of carbonyl (C=O) groups is 1. The molecule has 132 valence electrons. The number of benzene rings is 3. The van der Waals surface area contributed by atoms with E-state index in [9.17, 15) is 4.79 Å². The molecular weight excluding hydrogens is 338 g/mol. The molecule has 5 rings (SSSR count). The van der Waals surface area contributed by atoms with Gasteiger partial charge >= 0.3 is 0 Å². The zero-order valence-electron chi connectivity index (χ0n) is 14.8. The lowest BCUT2D eigenvalue weighted by Gasteiger charge is -2.12. The first-order chi connectivity index (χ1) is 13.2. The number of anilines is 1. The number of nitrogens with one attached hydrogen (secondary N) is 1. The van der Waals surface area contributed by atoms with E-state index >= 15 is 0 Å². The van der Waals surface area contributed by atoms with Crippen LogP contribution in [0.25, 0.3) is 11.3 Å². The molecule has 0 aromatic heterocycles. The van der Waals surface area contributed by atoms with E-state index in [-0.39, 0.29) is 12.6 Å². The van der Waals surface area contributed by atoms with Gasteiger partial charge in [-0.2, -0.15) is 0 Å². The van der Waals surface area contributed by atoms with E-state index in [1.165, 1.54) is 0 Å². The Morgan fingerprint density at radius 3 is 2.52 bits per heavy atom. The van der Waals surface area contributed by atoms with E-state index in [0.29, 0.717) is 22.6 Å². The van der Waals surface area contributed by atoms with Crippen molar-refractivity contribution in [1.82, 2.24) is 0 Å². The highest BCUT2D eigenvalue weighted by molar-refractivity contribution is 6.40. The fraction of sp³-hybridized carbons (Fsp3) is 0.0870. The maximum atomic E-state index is 13.2. The van der Waals surface area contributed by atoms with Crippen molar-refractivity contribution in [2.24, 2.45) is 0 Å². The van der Waals surface area contributed by atoms with Crippen LogP contribution in [0.2, 0.25) is 0 Å². The van der Waals surface area contributed by atoms with Gasteiger partial charge < -0.3 is 14.8 Å². The molecule has 0 fully saturated rings. The Kier molecular flexibility index (Phi) is 3.50. The molecule has 3 aromatic rings. The van der Waals surface area contributed by atoms with E-state index in [4.69, 9.17) is 9.47 Å². The molecule has 4 heteroatoms. The van der Waals surface area contributed by atoms with Gasteiger partial charge in [-0.25, -0.2) is 0 Å². The van der Waals surface area contributed by atoms with Gasteiger partial charge in [0.15, 0.2) is 17.3 Å². The molecule has 27 heavy (non-hydrogen) atoms. The van der Waals surface area contributed by atoms with Gasteiger partial charge in [0.05, 0.1) is 11.3 Å². The Labute approximate surface area is 157 Å². The molecule has 0 radical (unpaired) electrons. The Hall–Kier alpha value is -3.53. The summed E-state index contributed by atoms with van der Waals surface area (Å²) in [6.07, 6.45) is 0. The van der Waals surface area contributed by atoms with E-state index in [2.05, 4.69) is 11.4 Å². The predicted molar refractivity (Wildman–Crippen MR) is 105 cm³/mol. The van der Waals surface area contributed by atoms with Gasteiger partial charge in [-0.3, -0.25) is 4.79 Å². The van der Waals surface area contributed by atoms with Gasteiger partial charge in [0.2, 0.25) is 6.79 Å². The molecule has 0 saturated heterocycles. The van der Waals surface area contributed by atoms with Gasteiger partial charge in [0.25, 0.3) is 0 Å². The Morgan fingerprint density at radius 2 is 1.67 bits per heavy atom. The second-order valence-corrected chi connectivity index (χ2v) is 6.69. The van der Waals surface area contributed by atoms with Crippen LogP contribution in [0.4, 0.5) is 5.69 Å². The molecule has 0 saturated carbocycles. The lowest BCUT2D eigenvalue weighted by Crippen LogP contribution is -2.01. The number of carbonyl (C=O) groups excluding carboxylic acids is 1. The first-order valence-electron chi connectivity index (χ1n) is 8.83. The summed E-state index contributed by atoms with van der Waals surface area (Å²) in [5, 5.41) is 3.47. The second-order valence-electron chi connectivity index (χ2n) is 6.69. The van der Waals surface area contributed by atoms with Gasteiger partial charge in [-0.05, 0) is 42.3 Å². The van der Waals surface area contributed by atoms with Crippen molar-refractivity contribution < 1.29 is 14.3 Å². The van der Waals surface area contributed by atoms with Crippen molar-refractivity contribution in [2.75, 3.05) is 12.1 Å². The average molecular weight is 355 g/mol. The van der Waals surface area contributed by atoms with Crippen LogP contribution in [0.15, 0.2) is 66.7 Å². The first kappa shape index (κ1) is 15.7. The number of allylic oxidation sites excluding steroid dienone is 1. The van der Waals surface area contributed by atoms with Crippen LogP contribution >= 0.6 is 0 Å². The summed E-state index contributed by atoms with van der Waals surface area (Å²) >= 11 is 0. The monoisotopic (exact) mass is 355 g/mol. The third-order valence-electron chi connectivity index (χ3n) is 4.87. The van der Waals surface area contributed by atoms with Crippen LogP contribution in [0.1, 0.15) is 27.0 Å². The highest BCUT2D eigenvalue weighted by Crippen LogP contribution is 2.42. The normalized spacial score (nSPS) is 14.5. The van der Waals surface area contributed by atoms with E-state index < -0.39 is 0 Å². The smallest absolute Gasteiger partial charge is 0.231 e. The fourth-order valence-electron chi connectivity index (χ4n) is 3.61. The van der Waals surface area contributed by atoms with Gasteiger partial charge in [-0.1, -0.05) is 42.5 Å². The quantitative estimate of drug-likeness (QED) is 0.726. The largest absolute Gasteiger partial charge is 0.454 e. The standard InChI is InChI=1S/C23H17NO3/c1-14-5-4-6-16(11-14)24-22-17-7-2-3-8-18(17)23(25)21(22)15-9-10-19-20(12-15)27-13-26-19/h2-12,24H,13H2,1H3. The molecule has 2 aliphatic rings. The van der Waals surface area contributed by atoms with Crippen molar-refractivity contribution in [1.29, 1.82) is 0 Å². The Balaban J connectivity index is 1.68. The van der Waals surface area contributed by atoms with Gasteiger partial charge in [-0.15, -0.1) is 0 Å². The summed E-state index contributed by atoms with van der Waals surface area (Å²) in [7, 11) is 0. The molecule has 0 atom stereocenters. The number of ether oxygens (including phenoxy) is 2. The zero-order valence-corrected chi connectivity index (χ0v) is 14.8. The lowest BCUT2D eigenvalue weighted by atomic mass is 10.0. The van der Waals surface area contributed by atoms with Crippen LogP contribution < -0.4 is 14.8 Å². The Bertz CT molecular complexity index is 1110. The molecule has 3 aromatic carbocycles. The summed E-state index contributed by atoms with van der Waals surface area (Å²) in [6, 6.07) is 21.4. The van der Waals surface area contributed by atoms with E-state index in [1.54, 1.807) is 0 Å². The highest BCUT2D eigenvalue weighted by atomic mass is 16.7. The molecule has 0 amide bonds. The Morgan fingerprint density at radius 1 is 0.852 bits per heavy atom. The first-order valence-corrected chi connectivity index (χ1v) is 8.83. The summed E-state index contributed by atoms with van der Waals surface area (Å²) in [4.78, 5) is 13.2. The SMILES string of the molecule is Cc1cccc(NC2=C(c3ccc4c(c3)OCO4)C(=O)c3ccccc32)c1. The number of hydrogen-bond donors (Lipinski definition) is 1. The van der Waals surface area contributed by atoms with Crippen molar-refractivity contribution in [3.05, 3.63) is 89.0 Å². The van der Waals surface area contributed by atoms with Crippen molar-refractivity contribution in [3.63, 3.8) is 0 Å². The van der Waals surface area contributed by atoms with Crippen molar-refractivity contribution in [2.45, 2.75) is 6.92 Å². The summed E-state index contributed by atoms with van der Waals surface area (Å²) < 4.78 is 10.9. The molecule has 0 unspecified atom stereocenters. The van der Waals surface area contributed by atoms with E-state index in [1.807, 2.05) is 67.6 Å².